The van der Waals surface area contributed by atoms with Crippen molar-refractivity contribution in [2.75, 3.05) is 7.05 Å². The minimum Gasteiger partial charge on any atom is -0.405 e. The Morgan fingerprint density at radius 3 is 2.25 bits per heavy atom. The number of ether oxygens (including phenoxy) is 1. The fourth-order valence-corrected chi connectivity index (χ4v) is 1.06. The van der Waals surface area contributed by atoms with Crippen molar-refractivity contribution in [2.45, 2.75) is 26.8 Å². The van der Waals surface area contributed by atoms with Crippen LogP contribution in [0.1, 0.15) is 19.4 Å². The van der Waals surface area contributed by atoms with Crippen molar-refractivity contribution in [3.8, 4) is 5.75 Å². The maximum Gasteiger partial charge on any atom is 0.573 e. The van der Waals surface area contributed by atoms with Crippen LogP contribution in [-0.2, 0) is 6.54 Å². The van der Waals surface area contributed by atoms with Crippen LogP contribution in [0, 0.1) is 0 Å². The Bertz CT molecular complexity index is 300. The third-order valence-electron chi connectivity index (χ3n) is 1.57. The summed E-state index contributed by atoms with van der Waals surface area (Å²) in [7, 11) is 1.66. The van der Waals surface area contributed by atoms with Gasteiger partial charge in [-0.25, -0.2) is 0 Å². The van der Waals surface area contributed by atoms with Gasteiger partial charge in [-0.05, 0) is 13.1 Å². The van der Waals surface area contributed by atoms with Crippen LogP contribution in [0.4, 0.5) is 13.2 Å². The average Bonchev–Trinajstić information content (AvgIpc) is 2.22. The van der Waals surface area contributed by atoms with Crippen LogP contribution < -0.4 is 10.1 Å². The second-order valence-electron chi connectivity index (χ2n) is 2.69. The molecule has 0 aliphatic heterocycles. The number of para-hydroxylation sites is 1. The summed E-state index contributed by atoms with van der Waals surface area (Å²) in [6, 6.07) is 6.04. The molecule has 16 heavy (non-hydrogen) atoms. The standard InChI is InChI=1S/C9H10F3NO.C2H6/c1-13-6-7-4-2-3-5-8(7)14-9(10,11)12;1-2/h2-5,13H,6H2,1H3;1-2H3. The number of hydrogen-bond acceptors (Lipinski definition) is 2. The number of hydrogen-bond donors (Lipinski definition) is 1. The molecule has 0 unspecified atom stereocenters. The van der Waals surface area contributed by atoms with E-state index in [1.54, 1.807) is 19.2 Å². The maximum absolute atomic E-state index is 11.9. The Hall–Kier alpha value is -1.23. The quantitative estimate of drug-likeness (QED) is 0.867. The summed E-state index contributed by atoms with van der Waals surface area (Å²) in [4.78, 5) is 0. The maximum atomic E-state index is 11.9. The molecule has 0 atom stereocenters. The SMILES string of the molecule is CC.CNCc1ccccc1OC(F)(F)F. The Labute approximate surface area is 93.4 Å². The van der Waals surface area contributed by atoms with Gasteiger partial charge in [0.1, 0.15) is 5.75 Å². The van der Waals surface area contributed by atoms with Crippen LogP contribution in [0.2, 0.25) is 0 Å². The largest absolute Gasteiger partial charge is 0.573 e. The molecule has 0 bridgehead atoms. The van der Waals surface area contributed by atoms with E-state index >= 15 is 0 Å². The van der Waals surface area contributed by atoms with Gasteiger partial charge in [-0.2, -0.15) is 0 Å². The van der Waals surface area contributed by atoms with E-state index in [-0.39, 0.29) is 5.75 Å². The lowest BCUT2D eigenvalue weighted by Gasteiger charge is -2.12. The molecule has 0 fully saturated rings. The van der Waals surface area contributed by atoms with Crippen molar-refractivity contribution in [3.05, 3.63) is 29.8 Å². The van der Waals surface area contributed by atoms with E-state index < -0.39 is 6.36 Å². The molecule has 0 saturated carbocycles. The molecule has 0 aromatic heterocycles. The predicted octanol–water partition coefficient (Wildman–Crippen LogP) is 3.33. The molecule has 0 radical (unpaired) electrons. The predicted molar refractivity (Wildman–Crippen MR) is 57.2 cm³/mol. The van der Waals surface area contributed by atoms with Crippen LogP contribution in [0.15, 0.2) is 24.3 Å². The topological polar surface area (TPSA) is 21.3 Å². The van der Waals surface area contributed by atoms with E-state index in [2.05, 4.69) is 10.1 Å². The van der Waals surface area contributed by atoms with Gasteiger partial charge in [-0.1, -0.05) is 32.0 Å². The third-order valence-corrected chi connectivity index (χ3v) is 1.57. The van der Waals surface area contributed by atoms with E-state index in [9.17, 15) is 13.2 Å². The number of nitrogens with one attached hydrogen (secondary N) is 1. The molecule has 1 rings (SSSR count). The Morgan fingerprint density at radius 2 is 1.75 bits per heavy atom. The molecular weight excluding hydrogens is 219 g/mol. The molecule has 0 saturated heterocycles. The summed E-state index contributed by atoms with van der Waals surface area (Å²) in [5.41, 5.74) is 0.479. The van der Waals surface area contributed by atoms with Crippen molar-refractivity contribution in [1.82, 2.24) is 5.32 Å². The number of alkyl halides is 3. The van der Waals surface area contributed by atoms with Gasteiger partial charge in [0.15, 0.2) is 0 Å². The zero-order chi connectivity index (χ0) is 12.6. The summed E-state index contributed by atoms with van der Waals surface area (Å²) < 4.78 is 39.6. The second-order valence-corrected chi connectivity index (χ2v) is 2.69. The van der Waals surface area contributed by atoms with Gasteiger partial charge in [-0.15, -0.1) is 13.2 Å². The normalized spacial score (nSPS) is 10.4. The van der Waals surface area contributed by atoms with Gasteiger partial charge in [0.2, 0.25) is 0 Å². The summed E-state index contributed by atoms with van der Waals surface area (Å²) >= 11 is 0. The van der Waals surface area contributed by atoms with Gasteiger partial charge < -0.3 is 10.1 Å². The van der Waals surface area contributed by atoms with E-state index in [0.29, 0.717) is 12.1 Å². The van der Waals surface area contributed by atoms with E-state index in [4.69, 9.17) is 0 Å². The monoisotopic (exact) mass is 235 g/mol. The van der Waals surface area contributed by atoms with Gasteiger partial charge >= 0.3 is 6.36 Å². The number of rotatable bonds is 3. The smallest absolute Gasteiger partial charge is 0.405 e. The summed E-state index contributed by atoms with van der Waals surface area (Å²) in [6.07, 6.45) is -4.64. The first-order valence-corrected chi connectivity index (χ1v) is 5.01. The zero-order valence-electron chi connectivity index (χ0n) is 9.56. The lowest BCUT2D eigenvalue weighted by molar-refractivity contribution is -0.274. The van der Waals surface area contributed by atoms with Crippen LogP contribution >= 0.6 is 0 Å². The Balaban J connectivity index is 0.00000106. The fraction of sp³-hybridized carbons (Fsp3) is 0.455. The first kappa shape index (κ1) is 14.8. The molecule has 0 spiro atoms. The van der Waals surface area contributed by atoms with Crippen molar-refractivity contribution >= 4 is 0 Å². The van der Waals surface area contributed by atoms with Crippen LogP contribution in [0.5, 0.6) is 5.75 Å². The van der Waals surface area contributed by atoms with Crippen LogP contribution in [0.25, 0.3) is 0 Å². The number of benzene rings is 1. The minimum atomic E-state index is -4.64. The molecule has 0 aliphatic carbocycles. The van der Waals surface area contributed by atoms with Crippen molar-refractivity contribution in [1.29, 1.82) is 0 Å². The van der Waals surface area contributed by atoms with Gasteiger partial charge in [0.25, 0.3) is 0 Å². The summed E-state index contributed by atoms with van der Waals surface area (Å²) in [6.45, 7) is 4.34. The van der Waals surface area contributed by atoms with Crippen LogP contribution in [0.3, 0.4) is 0 Å². The van der Waals surface area contributed by atoms with E-state index in [1.165, 1.54) is 12.1 Å². The lowest BCUT2D eigenvalue weighted by Crippen LogP contribution is -2.19. The highest BCUT2D eigenvalue weighted by atomic mass is 19.4. The summed E-state index contributed by atoms with van der Waals surface area (Å²) in [5.74, 6) is -0.158. The van der Waals surface area contributed by atoms with Gasteiger partial charge in [0.05, 0.1) is 0 Å². The van der Waals surface area contributed by atoms with Crippen molar-refractivity contribution in [2.24, 2.45) is 0 Å². The molecule has 1 N–H and O–H groups in total. The number of halogens is 3. The molecular formula is C11H16F3NO. The van der Waals surface area contributed by atoms with Gasteiger partial charge in [-0.3, -0.25) is 0 Å². The molecule has 2 nitrogen and oxygen atoms in total. The highest BCUT2D eigenvalue weighted by molar-refractivity contribution is 5.33. The molecule has 5 heteroatoms. The minimum absolute atomic E-state index is 0.158. The molecule has 1 aromatic carbocycles. The molecule has 92 valence electrons. The molecule has 1 aromatic rings. The highest BCUT2D eigenvalue weighted by Gasteiger charge is 2.31. The zero-order valence-corrected chi connectivity index (χ0v) is 9.56. The fourth-order valence-electron chi connectivity index (χ4n) is 1.06. The van der Waals surface area contributed by atoms with E-state index in [1.807, 2.05) is 13.8 Å². The van der Waals surface area contributed by atoms with Crippen molar-refractivity contribution in [3.63, 3.8) is 0 Å². The first-order chi connectivity index (χ1) is 7.53. The second kappa shape index (κ2) is 7.11. The molecule has 0 aliphatic rings. The average molecular weight is 235 g/mol. The molecule has 0 amide bonds. The van der Waals surface area contributed by atoms with Crippen LogP contribution in [-0.4, -0.2) is 13.4 Å². The highest BCUT2D eigenvalue weighted by Crippen LogP contribution is 2.25. The molecule has 0 heterocycles. The van der Waals surface area contributed by atoms with Crippen molar-refractivity contribution < 1.29 is 17.9 Å². The van der Waals surface area contributed by atoms with E-state index in [0.717, 1.165) is 0 Å². The Morgan fingerprint density at radius 1 is 1.19 bits per heavy atom. The van der Waals surface area contributed by atoms with Gasteiger partial charge in [0, 0.05) is 12.1 Å². The lowest BCUT2D eigenvalue weighted by atomic mass is 10.2. The third kappa shape index (κ3) is 5.60. The first-order valence-electron chi connectivity index (χ1n) is 5.01. The summed E-state index contributed by atoms with van der Waals surface area (Å²) in [5, 5.41) is 2.76. The Kier molecular flexibility index (Phi) is 6.56.